The average molecular weight is 416 g/mol. The van der Waals surface area contributed by atoms with E-state index in [1.807, 2.05) is 6.92 Å². The smallest absolute Gasteiger partial charge is 0.294 e. The van der Waals surface area contributed by atoms with Gasteiger partial charge < -0.3 is 19.9 Å². The number of amides is 2. The Morgan fingerprint density at radius 2 is 1.87 bits per heavy atom. The lowest BCUT2D eigenvalue weighted by Crippen LogP contribution is -2.51. The van der Waals surface area contributed by atoms with E-state index in [-0.39, 0.29) is 11.3 Å². The number of hydrogen-bond acceptors (Lipinski definition) is 5. The zero-order valence-electron chi connectivity index (χ0n) is 17.5. The Labute approximate surface area is 173 Å². The number of aromatic nitrogens is 2. The van der Waals surface area contributed by atoms with Gasteiger partial charge in [-0.3, -0.25) is 14.4 Å². The number of carbonyl (C=O) groups excluding carboxylic acids is 3. The van der Waals surface area contributed by atoms with E-state index in [1.165, 1.54) is 12.3 Å². The Morgan fingerprint density at radius 1 is 1.20 bits per heavy atom. The molecule has 0 saturated carbocycles. The summed E-state index contributed by atoms with van der Waals surface area (Å²) in [7, 11) is 1.63. The second-order valence-corrected chi connectivity index (χ2v) is 7.77. The van der Waals surface area contributed by atoms with Crippen LogP contribution in [0, 0.1) is 19.8 Å². The number of carbonyl (C=O) groups is 3. The van der Waals surface area contributed by atoms with Crippen molar-refractivity contribution < 1.29 is 23.5 Å². The van der Waals surface area contributed by atoms with Crippen LogP contribution in [0.3, 0.4) is 0 Å². The zero-order valence-corrected chi connectivity index (χ0v) is 17.5. The molecule has 0 aromatic carbocycles. The van der Waals surface area contributed by atoms with Crippen molar-refractivity contribution in [3.8, 4) is 0 Å². The second-order valence-electron chi connectivity index (χ2n) is 7.77. The predicted molar refractivity (Wildman–Crippen MR) is 108 cm³/mol. The van der Waals surface area contributed by atoms with Crippen LogP contribution in [0.5, 0.6) is 0 Å². The van der Waals surface area contributed by atoms with Gasteiger partial charge in [-0.05, 0) is 51.3 Å². The number of nitrogens with one attached hydrogen (secondary N) is 2. The van der Waals surface area contributed by atoms with Crippen LogP contribution in [0.4, 0.5) is 10.1 Å². The lowest BCUT2D eigenvalue weighted by atomic mass is 9.92. The molecule has 2 aromatic rings. The van der Waals surface area contributed by atoms with Crippen LogP contribution in [0.15, 0.2) is 18.3 Å². The first-order valence-corrected chi connectivity index (χ1v) is 9.66. The van der Waals surface area contributed by atoms with Crippen LogP contribution in [-0.4, -0.2) is 45.9 Å². The summed E-state index contributed by atoms with van der Waals surface area (Å²) in [6.45, 7) is 6.26. The van der Waals surface area contributed by atoms with Gasteiger partial charge in [0.05, 0.1) is 23.1 Å². The van der Waals surface area contributed by atoms with Crippen molar-refractivity contribution in [3.05, 3.63) is 46.8 Å². The molecule has 1 aliphatic heterocycles. The first kappa shape index (κ1) is 21.6. The van der Waals surface area contributed by atoms with Gasteiger partial charge in [0.25, 0.3) is 17.6 Å². The molecule has 3 heterocycles. The van der Waals surface area contributed by atoms with Gasteiger partial charge in [0.1, 0.15) is 0 Å². The highest BCUT2D eigenvalue weighted by Gasteiger charge is 2.34. The van der Waals surface area contributed by atoms with Crippen LogP contribution < -0.4 is 10.6 Å². The maximum absolute atomic E-state index is 13.0. The molecule has 8 nitrogen and oxygen atoms in total. The van der Waals surface area contributed by atoms with E-state index in [9.17, 15) is 18.8 Å². The molecule has 160 valence electrons. The van der Waals surface area contributed by atoms with Crippen LogP contribution in [0.2, 0.25) is 0 Å². The van der Waals surface area contributed by atoms with Crippen molar-refractivity contribution in [1.29, 1.82) is 0 Å². The summed E-state index contributed by atoms with van der Waals surface area (Å²) < 4.78 is 19.8. The van der Waals surface area contributed by atoms with E-state index in [1.54, 1.807) is 25.5 Å². The maximum atomic E-state index is 13.0. The molecule has 0 atom stereocenters. The van der Waals surface area contributed by atoms with E-state index in [2.05, 4.69) is 15.6 Å². The fourth-order valence-electron chi connectivity index (χ4n) is 3.66. The molecule has 30 heavy (non-hydrogen) atoms. The SMILES string of the molecule is Cc1c(C(=O)Nc2ccc(F)nc2)c(C)n(C)c1C(=O)C(=O)NC1(C)CCOCC1. The molecule has 0 aliphatic carbocycles. The summed E-state index contributed by atoms with van der Waals surface area (Å²) in [4.78, 5) is 41.9. The Balaban J connectivity index is 1.84. The first-order chi connectivity index (χ1) is 14.1. The van der Waals surface area contributed by atoms with Crippen LogP contribution in [-0.2, 0) is 16.6 Å². The number of nitrogens with zero attached hydrogens (tertiary/aromatic N) is 2. The molecule has 1 aliphatic rings. The van der Waals surface area contributed by atoms with Gasteiger partial charge in [-0.15, -0.1) is 0 Å². The Kier molecular flexibility index (Phi) is 6.02. The lowest BCUT2D eigenvalue weighted by Gasteiger charge is -2.34. The van der Waals surface area contributed by atoms with E-state index in [0.29, 0.717) is 43.0 Å². The molecule has 2 amide bonds. The van der Waals surface area contributed by atoms with Crippen LogP contribution in [0.25, 0.3) is 0 Å². The van der Waals surface area contributed by atoms with E-state index >= 15 is 0 Å². The van der Waals surface area contributed by atoms with Crippen LogP contribution >= 0.6 is 0 Å². The number of Topliss-reactive ketones (excluding diaryl/α,β-unsaturated/α-hetero) is 1. The molecule has 0 unspecified atom stereocenters. The number of rotatable bonds is 5. The highest BCUT2D eigenvalue weighted by Crippen LogP contribution is 2.24. The molecule has 0 spiro atoms. The van der Waals surface area contributed by atoms with E-state index in [0.717, 1.165) is 6.07 Å². The monoisotopic (exact) mass is 416 g/mol. The summed E-state index contributed by atoms with van der Waals surface area (Å²) >= 11 is 0. The molecule has 1 saturated heterocycles. The van der Waals surface area contributed by atoms with Crippen molar-refractivity contribution >= 4 is 23.3 Å². The normalized spacial score (nSPS) is 15.5. The van der Waals surface area contributed by atoms with E-state index < -0.39 is 29.1 Å². The second kappa shape index (κ2) is 8.35. The molecule has 3 rings (SSSR count). The highest BCUT2D eigenvalue weighted by molar-refractivity contribution is 6.43. The topological polar surface area (TPSA) is 102 Å². The Bertz CT molecular complexity index is 991. The third kappa shape index (κ3) is 4.25. The number of anilines is 1. The van der Waals surface area contributed by atoms with Gasteiger partial charge in [0, 0.05) is 31.5 Å². The summed E-state index contributed by atoms with van der Waals surface area (Å²) in [5, 5.41) is 5.47. The number of ketones is 1. The van der Waals surface area contributed by atoms with Gasteiger partial charge >= 0.3 is 0 Å². The fraction of sp³-hybridized carbons (Fsp3) is 0.429. The summed E-state index contributed by atoms with van der Waals surface area (Å²) in [5.41, 5.74) is 1.20. The minimum absolute atomic E-state index is 0.156. The zero-order chi connectivity index (χ0) is 22.1. The van der Waals surface area contributed by atoms with Gasteiger partial charge in [0.15, 0.2) is 0 Å². The Morgan fingerprint density at radius 3 is 2.47 bits per heavy atom. The lowest BCUT2D eigenvalue weighted by molar-refractivity contribution is -0.119. The first-order valence-electron chi connectivity index (χ1n) is 9.66. The van der Waals surface area contributed by atoms with Crippen molar-refractivity contribution in [2.45, 2.75) is 39.2 Å². The number of pyridine rings is 1. The highest BCUT2D eigenvalue weighted by atomic mass is 19.1. The third-order valence-electron chi connectivity index (χ3n) is 5.58. The average Bonchev–Trinajstić information content (AvgIpc) is 2.92. The minimum Gasteiger partial charge on any atom is -0.381 e. The van der Waals surface area contributed by atoms with E-state index in [4.69, 9.17) is 4.74 Å². The molecule has 1 fully saturated rings. The predicted octanol–water partition coefficient (Wildman–Crippen LogP) is 2.30. The molecule has 0 radical (unpaired) electrons. The summed E-state index contributed by atoms with van der Waals surface area (Å²) in [5.74, 6) is -2.53. The van der Waals surface area contributed by atoms with Gasteiger partial charge in [0.2, 0.25) is 5.95 Å². The van der Waals surface area contributed by atoms with Crippen molar-refractivity contribution in [2.24, 2.45) is 7.05 Å². The molecule has 2 N–H and O–H groups in total. The molecular weight excluding hydrogens is 391 g/mol. The van der Waals surface area contributed by atoms with Gasteiger partial charge in [-0.1, -0.05) is 0 Å². The number of hydrogen-bond donors (Lipinski definition) is 2. The van der Waals surface area contributed by atoms with Crippen molar-refractivity contribution in [3.63, 3.8) is 0 Å². The number of ether oxygens (including phenoxy) is 1. The van der Waals surface area contributed by atoms with Crippen molar-refractivity contribution in [2.75, 3.05) is 18.5 Å². The molecule has 0 bridgehead atoms. The molecular formula is C21H25FN4O4. The molecule has 2 aromatic heterocycles. The molecule has 9 heteroatoms. The minimum atomic E-state index is -0.710. The van der Waals surface area contributed by atoms with Crippen LogP contribution in [0.1, 0.15) is 51.9 Å². The quantitative estimate of drug-likeness (QED) is 0.442. The summed E-state index contributed by atoms with van der Waals surface area (Å²) in [6, 6.07) is 2.53. The fourth-order valence-corrected chi connectivity index (χ4v) is 3.66. The standard InChI is InChI=1S/C21H25FN4O4/c1-12-16(19(28)24-14-5-6-15(22)23-11-14)13(2)26(4)17(12)18(27)20(29)25-21(3)7-9-30-10-8-21/h5-6,11H,7-10H2,1-4H3,(H,24,28)(H,25,29). The third-order valence-corrected chi connectivity index (χ3v) is 5.58. The Hall–Kier alpha value is -3.07. The largest absolute Gasteiger partial charge is 0.381 e. The summed E-state index contributed by atoms with van der Waals surface area (Å²) in [6.07, 6.45) is 2.45. The van der Waals surface area contributed by atoms with Gasteiger partial charge in [-0.25, -0.2) is 4.98 Å². The van der Waals surface area contributed by atoms with Crippen molar-refractivity contribution in [1.82, 2.24) is 14.9 Å². The van der Waals surface area contributed by atoms with Gasteiger partial charge in [-0.2, -0.15) is 4.39 Å². The number of halogens is 1. The maximum Gasteiger partial charge on any atom is 0.294 e.